The largest absolute Gasteiger partial charge is 0.416 e. The Labute approximate surface area is 201 Å². The third kappa shape index (κ3) is 9.83. The second kappa shape index (κ2) is 15.5. The van der Waals surface area contributed by atoms with Gasteiger partial charge < -0.3 is 10.6 Å². The first-order valence-electron chi connectivity index (χ1n) is 12.1. The number of carbonyl (C=O) groups excluding carboxylic acids is 1. The summed E-state index contributed by atoms with van der Waals surface area (Å²) in [7, 11) is 0. The molecule has 34 heavy (non-hydrogen) atoms. The van der Waals surface area contributed by atoms with E-state index in [-0.39, 0.29) is 16.7 Å². The van der Waals surface area contributed by atoms with E-state index >= 15 is 0 Å². The highest BCUT2D eigenvalue weighted by Gasteiger charge is 2.31. The number of fused-ring (bicyclic) bond motifs is 1. The Kier molecular flexibility index (Phi) is 14.4. The van der Waals surface area contributed by atoms with Crippen molar-refractivity contribution in [3.8, 4) is 0 Å². The van der Waals surface area contributed by atoms with Crippen molar-refractivity contribution in [3.63, 3.8) is 0 Å². The minimum absolute atomic E-state index is 0.0768. The van der Waals surface area contributed by atoms with Gasteiger partial charge in [-0.1, -0.05) is 54.9 Å². The molecule has 2 N–H and O–H groups in total. The van der Waals surface area contributed by atoms with Crippen LogP contribution < -0.4 is 11.3 Å². The Morgan fingerprint density at radius 1 is 1.09 bits per heavy atom. The molecular formula is C25H41F3N4O2. The van der Waals surface area contributed by atoms with Crippen LogP contribution >= 0.6 is 0 Å². The van der Waals surface area contributed by atoms with Crippen molar-refractivity contribution in [3.05, 3.63) is 39.8 Å². The molecule has 0 radical (unpaired) electrons. The van der Waals surface area contributed by atoms with Crippen LogP contribution in [0.3, 0.4) is 0 Å². The molecule has 0 fully saturated rings. The van der Waals surface area contributed by atoms with Gasteiger partial charge in [0.05, 0.1) is 16.6 Å². The monoisotopic (exact) mass is 486 g/mol. The fourth-order valence-electron chi connectivity index (χ4n) is 3.29. The lowest BCUT2D eigenvalue weighted by Gasteiger charge is -2.18. The van der Waals surface area contributed by atoms with E-state index < -0.39 is 29.8 Å². The highest BCUT2D eigenvalue weighted by atomic mass is 19.4. The van der Waals surface area contributed by atoms with Crippen LogP contribution in [0.2, 0.25) is 0 Å². The molecule has 0 bridgehead atoms. The average molecular weight is 487 g/mol. The van der Waals surface area contributed by atoms with Crippen LogP contribution in [0.5, 0.6) is 0 Å². The SMILES string of the molecule is CC.CC(C)c1nn(CC(N)=O)c(=O)c2ccc(C(F)(F)F)cc12.CCCCN(CC)CCC. The van der Waals surface area contributed by atoms with Gasteiger partial charge in [-0.3, -0.25) is 9.59 Å². The van der Waals surface area contributed by atoms with Gasteiger partial charge in [0.15, 0.2) is 0 Å². The predicted molar refractivity (Wildman–Crippen MR) is 133 cm³/mol. The molecule has 1 aromatic carbocycles. The number of unbranched alkanes of at least 4 members (excludes halogenated alkanes) is 1. The van der Waals surface area contributed by atoms with Gasteiger partial charge in [-0.25, -0.2) is 4.68 Å². The van der Waals surface area contributed by atoms with Gasteiger partial charge in [0, 0.05) is 5.39 Å². The van der Waals surface area contributed by atoms with E-state index in [1.165, 1.54) is 38.9 Å². The number of benzene rings is 1. The Morgan fingerprint density at radius 2 is 1.71 bits per heavy atom. The van der Waals surface area contributed by atoms with Crippen molar-refractivity contribution >= 4 is 16.7 Å². The van der Waals surface area contributed by atoms with Gasteiger partial charge in [0.1, 0.15) is 6.54 Å². The maximum Gasteiger partial charge on any atom is 0.416 e. The number of nitrogens with zero attached hydrogens (tertiary/aromatic N) is 3. The number of halogens is 3. The number of amides is 1. The number of carbonyl (C=O) groups is 1. The van der Waals surface area contributed by atoms with E-state index in [2.05, 4.69) is 30.8 Å². The quantitative estimate of drug-likeness (QED) is 0.503. The van der Waals surface area contributed by atoms with Crippen molar-refractivity contribution in [1.82, 2.24) is 14.7 Å². The first-order valence-corrected chi connectivity index (χ1v) is 12.1. The van der Waals surface area contributed by atoms with Crippen molar-refractivity contribution in [2.45, 2.75) is 86.4 Å². The lowest BCUT2D eigenvalue weighted by Crippen LogP contribution is -2.31. The van der Waals surface area contributed by atoms with Crippen LogP contribution in [-0.2, 0) is 17.5 Å². The Morgan fingerprint density at radius 3 is 2.15 bits per heavy atom. The summed E-state index contributed by atoms with van der Waals surface area (Å²) in [5, 5.41) is 4.21. The van der Waals surface area contributed by atoms with Crippen LogP contribution in [0.1, 0.15) is 84.9 Å². The molecule has 0 aliphatic rings. The molecule has 0 spiro atoms. The zero-order chi connectivity index (χ0) is 26.5. The number of rotatable bonds is 9. The minimum Gasteiger partial charge on any atom is -0.368 e. The lowest BCUT2D eigenvalue weighted by atomic mass is 10.0. The van der Waals surface area contributed by atoms with Crippen molar-refractivity contribution in [2.75, 3.05) is 19.6 Å². The van der Waals surface area contributed by atoms with Crippen LogP contribution in [0.15, 0.2) is 23.0 Å². The highest BCUT2D eigenvalue weighted by molar-refractivity contribution is 5.85. The number of hydrogen-bond donors (Lipinski definition) is 1. The molecule has 0 aliphatic carbocycles. The minimum atomic E-state index is -4.51. The van der Waals surface area contributed by atoms with E-state index in [1.54, 1.807) is 13.8 Å². The Hall–Kier alpha value is -2.42. The highest BCUT2D eigenvalue weighted by Crippen LogP contribution is 2.32. The Bertz CT molecular complexity index is 940. The molecule has 0 saturated heterocycles. The third-order valence-corrected chi connectivity index (χ3v) is 4.98. The Balaban J connectivity index is 0.000000767. The number of hydrogen-bond acceptors (Lipinski definition) is 4. The standard InChI is InChI=1S/C14H14F3N3O2.C9H21N.C2H6/c1-7(2)12-10-5-8(14(15,16)17)3-4-9(10)13(22)20(19-12)6-11(18)21;1-4-7-9-10(6-3)8-5-2;1-2/h3-5,7H,6H2,1-2H3,(H2,18,21);4-9H2,1-3H3;1-2H3. The first kappa shape index (κ1) is 31.6. The van der Waals surface area contributed by atoms with Gasteiger partial charge in [0.25, 0.3) is 5.56 Å². The van der Waals surface area contributed by atoms with Gasteiger partial charge in [-0.15, -0.1) is 0 Å². The molecule has 9 heteroatoms. The molecule has 0 atom stereocenters. The van der Waals surface area contributed by atoms with Crippen LogP contribution in [0, 0.1) is 0 Å². The van der Waals surface area contributed by atoms with Crippen LogP contribution in [0.4, 0.5) is 13.2 Å². The van der Waals surface area contributed by atoms with Crippen LogP contribution in [0.25, 0.3) is 10.8 Å². The molecule has 1 heterocycles. The summed E-state index contributed by atoms with van der Waals surface area (Å²) in [4.78, 5) is 25.7. The molecule has 6 nitrogen and oxygen atoms in total. The van der Waals surface area contributed by atoms with Gasteiger partial charge in [0.2, 0.25) is 5.91 Å². The zero-order valence-electron chi connectivity index (χ0n) is 21.6. The molecule has 194 valence electrons. The summed E-state index contributed by atoms with van der Waals surface area (Å²) in [6, 6.07) is 2.85. The fourth-order valence-corrected chi connectivity index (χ4v) is 3.29. The molecule has 2 aromatic rings. The second-order valence-corrected chi connectivity index (χ2v) is 8.01. The predicted octanol–water partition coefficient (Wildman–Crippen LogP) is 5.57. The summed E-state index contributed by atoms with van der Waals surface area (Å²) in [6.45, 7) is 17.6. The smallest absolute Gasteiger partial charge is 0.368 e. The number of aromatic nitrogens is 2. The molecule has 1 amide bonds. The van der Waals surface area contributed by atoms with E-state index in [1.807, 2.05) is 13.8 Å². The molecule has 0 saturated carbocycles. The number of nitrogens with two attached hydrogens (primary N) is 1. The van der Waals surface area contributed by atoms with Gasteiger partial charge >= 0.3 is 6.18 Å². The van der Waals surface area contributed by atoms with Gasteiger partial charge in [-0.2, -0.15) is 18.3 Å². The molecule has 0 unspecified atom stereocenters. The second-order valence-electron chi connectivity index (χ2n) is 8.01. The molecular weight excluding hydrogens is 445 g/mol. The van der Waals surface area contributed by atoms with E-state index in [4.69, 9.17) is 5.73 Å². The number of alkyl halides is 3. The summed E-state index contributed by atoms with van der Waals surface area (Å²) in [6.07, 6.45) is -0.546. The average Bonchev–Trinajstić information content (AvgIpc) is 2.79. The molecule has 0 aliphatic heterocycles. The van der Waals surface area contributed by atoms with E-state index in [0.717, 1.165) is 22.9 Å². The summed E-state index contributed by atoms with van der Waals surface area (Å²) < 4.78 is 39.4. The maximum atomic E-state index is 12.8. The van der Waals surface area contributed by atoms with E-state index in [0.29, 0.717) is 5.69 Å². The fraction of sp³-hybridized carbons (Fsp3) is 0.640. The van der Waals surface area contributed by atoms with Crippen LogP contribution in [-0.4, -0.2) is 40.2 Å². The van der Waals surface area contributed by atoms with Gasteiger partial charge in [-0.05, 0) is 56.6 Å². The van der Waals surface area contributed by atoms with E-state index in [9.17, 15) is 22.8 Å². The first-order chi connectivity index (χ1) is 16.0. The maximum absolute atomic E-state index is 12.8. The van der Waals surface area contributed by atoms with Crippen molar-refractivity contribution in [1.29, 1.82) is 0 Å². The van der Waals surface area contributed by atoms with Crippen molar-refractivity contribution < 1.29 is 18.0 Å². The summed E-state index contributed by atoms with van der Waals surface area (Å²) in [5.41, 5.74) is 3.87. The lowest BCUT2D eigenvalue weighted by molar-refractivity contribution is -0.137. The number of primary amides is 1. The molecule has 2 rings (SSSR count). The normalized spacial score (nSPS) is 11.2. The summed E-state index contributed by atoms with van der Waals surface area (Å²) in [5.74, 6) is -0.985. The topological polar surface area (TPSA) is 81.2 Å². The summed E-state index contributed by atoms with van der Waals surface area (Å²) >= 11 is 0. The zero-order valence-corrected chi connectivity index (χ0v) is 21.6. The third-order valence-electron chi connectivity index (χ3n) is 4.98. The van der Waals surface area contributed by atoms with Crippen molar-refractivity contribution in [2.24, 2.45) is 5.73 Å². The molecule has 1 aromatic heterocycles.